The van der Waals surface area contributed by atoms with Gasteiger partial charge in [0.15, 0.2) is 0 Å². The summed E-state index contributed by atoms with van der Waals surface area (Å²) in [5.41, 5.74) is 0.0749. The fourth-order valence-electron chi connectivity index (χ4n) is 2.99. The average Bonchev–Trinajstić information content (AvgIpc) is 2.80. The first kappa shape index (κ1) is 14.7. The average molecular weight is 322 g/mol. The van der Waals surface area contributed by atoms with Crippen molar-refractivity contribution in [3.05, 3.63) is 26.6 Å². The predicted molar refractivity (Wildman–Crippen MR) is 79.6 cm³/mol. The second-order valence-corrected chi connectivity index (χ2v) is 6.43. The molecule has 1 aliphatic rings. The molecule has 0 saturated carbocycles. The predicted octanol–water partition coefficient (Wildman–Crippen LogP) is 1.36. The molecular weight excluding hydrogens is 308 g/mol. The molecule has 0 saturated heterocycles. The van der Waals surface area contributed by atoms with Crippen molar-refractivity contribution in [2.45, 2.75) is 38.6 Å². The van der Waals surface area contributed by atoms with E-state index in [9.17, 15) is 19.5 Å². The molecule has 0 spiro atoms. The van der Waals surface area contributed by atoms with Crippen LogP contribution in [0.3, 0.4) is 0 Å². The molecule has 2 aromatic heterocycles. The van der Waals surface area contributed by atoms with E-state index < -0.39 is 30.0 Å². The lowest BCUT2D eigenvalue weighted by atomic mass is 9.86. The van der Waals surface area contributed by atoms with Gasteiger partial charge in [-0.3, -0.25) is 19.0 Å². The highest BCUT2D eigenvalue weighted by molar-refractivity contribution is 7.18. The summed E-state index contributed by atoms with van der Waals surface area (Å²) < 4.78 is 1.09. The second kappa shape index (κ2) is 5.20. The van der Waals surface area contributed by atoms with E-state index in [1.54, 1.807) is 6.92 Å². The van der Waals surface area contributed by atoms with Gasteiger partial charge in [0.05, 0.1) is 11.3 Å². The van der Waals surface area contributed by atoms with Crippen LogP contribution < -0.4 is 5.56 Å². The van der Waals surface area contributed by atoms with Gasteiger partial charge in [-0.15, -0.1) is 11.3 Å². The molecule has 0 aromatic carbocycles. The minimum absolute atomic E-state index is 0.277. The van der Waals surface area contributed by atoms with Gasteiger partial charge in [-0.1, -0.05) is 0 Å². The molecule has 0 aliphatic heterocycles. The van der Waals surface area contributed by atoms with Crippen LogP contribution in [0.25, 0.3) is 10.2 Å². The summed E-state index contributed by atoms with van der Waals surface area (Å²) >= 11 is 1.34. The van der Waals surface area contributed by atoms with Gasteiger partial charge >= 0.3 is 11.9 Å². The van der Waals surface area contributed by atoms with Gasteiger partial charge in [0, 0.05) is 4.88 Å². The minimum atomic E-state index is -1.13. The highest BCUT2D eigenvalue weighted by Gasteiger charge is 2.32. The molecule has 2 aromatic rings. The Balaban J connectivity index is 2.33. The van der Waals surface area contributed by atoms with Gasteiger partial charge < -0.3 is 10.2 Å². The lowest BCUT2D eigenvalue weighted by molar-refractivity contribution is -0.139. The van der Waals surface area contributed by atoms with Crippen LogP contribution in [-0.2, 0) is 22.6 Å². The molecule has 0 bridgehead atoms. The van der Waals surface area contributed by atoms with Gasteiger partial charge in [-0.05, 0) is 31.7 Å². The van der Waals surface area contributed by atoms with E-state index in [2.05, 4.69) is 4.98 Å². The maximum Gasteiger partial charge on any atom is 0.323 e. The summed E-state index contributed by atoms with van der Waals surface area (Å²) in [6.45, 7) is 1.10. The Morgan fingerprint density at radius 2 is 2.14 bits per heavy atom. The molecular formula is C14H14N2O5S. The van der Waals surface area contributed by atoms with Crippen molar-refractivity contribution in [1.29, 1.82) is 0 Å². The maximum absolute atomic E-state index is 12.7. The van der Waals surface area contributed by atoms with Crippen LogP contribution in [0.2, 0.25) is 0 Å². The number of thiophene rings is 1. The molecule has 8 heteroatoms. The molecule has 22 heavy (non-hydrogen) atoms. The molecule has 1 unspecified atom stereocenters. The number of fused-ring (bicyclic) bond motifs is 3. The highest BCUT2D eigenvalue weighted by Crippen LogP contribution is 2.40. The quantitative estimate of drug-likeness (QED) is 0.883. The van der Waals surface area contributed by atoms with Gasteiger partial charge in [-0.2, -0.15) is 0 Å². The number of aryl methyl sites for hydroxylation is 2. The first-order chi connectivity index (χ1) is 10.4. The summed E-state index contributed by atoms with van der Waals surface area (Å²) in [7, 11) is 0. The molecule has 3 rings (SSSR count). The molecule has 2 heterocycles. The Morgan fingerprint density at radius 1 is 1.41 bits per heavy atom. The van der Waals surface area contributed by atoms with Gasteiger partial charge in [0.25, 0.3) is 5.56 Å². The van der Waals surface area contributed by atoms with Crippen LogP contribution in [0.1, 0.15) is 35.0 Å². The third-order valence-corrected chi connectivity index (χ3v) is 5.11. The first-order valence-electron chi connectivity index (χ1n) is 6.87. The normalized spacial score (nSPS) is 17.4. The summed E-state index contributed by atoms with van der Waals surface area (Å²) in [4.78, 5) is 40.8. The lowest BCUT2D eigenvalue weighted by Gasteiger charge is -2.19. The number of hydrogen-bond acceptors (Lipinski definition) is 5. The summed E-state index contributed by atoms with van der Waals surface area (Å²) in [6.07, 6.45) is 1.98. The van der Waals surface area contributed by atoms with E-state index in [0.29, 0.717) is 22.6 Å². The topological polar surface area (TPSA) is 109 Å². The molecule has 0 radical (unpaired) electrons. The van der Waals surface area contributed by atoms with Crippen molar-refractivity contribution in [1.82, 2.24) is 9.55 Å². The second-order valence-electron chi connectivity index (χ2n) is 5.35. The number of carbonyl (C=O) groups is 2. The van der Waals surface area contributed by atoms with Crippen molar-refractivity contribution in [3.63, 3.8) is 0 Å². The number of aromatic nitrogens is 2. The van der Waals surface area contributed by atoms with Crippen LogP contribution in [0.15, 0.2) is 4.79 Å². The molecule has 1 aliphatic carbocycles. The van der Waals surface area contributed by atoms with Gasteiger partial charge in [-0.25, -0.2) is 4.98 Å². The van der Waals surface area contributed by atoms with Crippen LogP contribution >= 0.6 is 11.3 Å². The fourth-order valence-corrected chi connectivity index (χ4v) is 4.30. The largest absolute Gasteiger partial charge is 0.481 e. The number of hydrogen-bond donors (Lipinski definition) is 2. The SMILES string of the molecule is Cc1nc2sc3c(c2c(=O)n1CC(=O)O)C(C(=O)O)CCC3. The standard InChI is InChI=1S/C14H14N2O5S/c1-6-15-12-11(13(19)16(6)5-9(17)18)10-7(14(20)21)3-2-4-8(10)22-12/h7H,2-5H2,1H3,(H,17,18)(H,20,21). The van der Waals surface area contributed by atoms with Crippen molar-refractivity contribution >= 4 is 33.5 Å². The highest BCUT2D eigenvalue weighted by atomic mass is 32.1. The van der Waals surface area contributed by atoms with Crippen molar-refractivity contribution in [2.24, 2.45) is 0 Å². The van der Waals surface area contributed by atoms with Crippen molar-refractivity contribution in [2.75, 3.05) is 0 Å². The zero-order valence-electron chi connectivity index (χ0n) is 11.8. The molecule has 7 nitrogen and oxygen atoms in total. The van der Waals surface area contributed by atoms with Gasteiger partial charge in [0.1, 0.15) is 17.2 Å². The zero-order valence-corrected chi connectivity index (χ0v) is 12.6. The van der Waals surface area contributed by atoms with Crippen LogP contribution in [-0.4, -0.2) is 31.7 Å². The van der Waals surface area contributed by atoms with Crippen LogP contribution in [0.4, 0.5) is 0 Å². The number of carboxylic acid groups (broad SMARTS) is 2. The van der Waals surface area contributed by atoms with E-state index in [-0.39, 0.29) is 5.39 Å². The third kappa shape index (κ3) is 2.19. The first-order valence-corrected chi connectivity index (χ1v) is 7.69. The Kier molecular flexibility index (Phi) is 3.48. The van der Waals surface area contributed by atoms with E-state index in [0.717, 1.165) is 22.3 Å². The van der Waals surface area contributed by atoms with E-state index >= 15 is 0 Å². The Bertz CT molecular complexity index is 851. The third-order valence-electron chi connectivity index (χ3n) is 3.95. The fraction of sp³-hybridized carbons (Fsp3) is 0.429. The number of aliphatic carboxylic acids is 2. The number of carboxylic acids is 2. The maximum atomic E-state index is 12.7. The van der Waals surface area contributed by atoms with Crippen LogP contribution in [0.5, 0.6) is 0 Å². The summed E-state index contributed by atoms with van der Waals surface area (Å²) in [6, 6.07) is 0. The lowest BCUT2D eigenvalue weighted by Crippen LogP contribution is -2.28. The molecule has 116 valence electrons. The molecule has 2 N–H and O–H groups in total. The summed E-state index contributed by atoms with van der Waals surface area (Å²) in [5.74, 6) is -2.48. The monoisotopic (exact) mass is 322 g/mol. The van der Waals surface area contributed by atoms with Crippen molar-refractivity contribution in [3.8, 4) is 0 Å². The Labute approximate surface area is 128 Å². The molecule has 1 atom stereocenters. The Morgan fingerprint density at radius 3 is 2.77 bits per heavy atom. The smallest absolute Gasteiger partial charge is 0.323 e. The summed E-state index contributed by atoms with van der Waals surface area (Å²) in [5, 5.41) is 18.6. The van der Waals surface area contributed by atoms with E-state index in [1.807, 2.05) is 0 Å². The van der Waals surface area contributed by atoms with E-state index in [4.69, 9.17) is 5.11 Å². The van der Waals surface area contributed by atoms with E-state index in [1.165, 1.54) is 11.3 Å². The minimum Gasteiger partial charge on any atom is -0.481 e. The van der Waals surface area contributed by atoms with Gasteiger partial charge in [0.2, 0.25) is 0 Å². The van der Waals surface area contributed by atoms with Crippen molar-refractivity contribution < 1.29 is 19.8 Å². The number of rotatable bonds is 3. The number of nitrogens with zero attached hydrogens (tertiary/aromatic N) is 2. The zero-order chi connectivity index (χ0) is 16.0. The molecule has 0 fully saturated rings. The Hall–Kier alpha value is -2.22. The molecule has 0 amide bonds. The van der Waals surface area contributed by atoms with Crippen LogP contribution in [0, 0.1) is 6.92 Å².